The fourth-order valence-electron chi connectivity index (χ4n) is 1.95. The van der Waals surface area contributed by atoms with Gasteiger partial charge in [-0.1, -0.05) is 6.07 Å². The normalized spacial score (nSPS) is 12.7. The number of rotatable bonds is 3. The fraction of sp³-hybridized carbons (Fsp3) is 0.286. The number of aryl methyl sites for hydroxylation is 2. The van der Waals surface area contributed by atoms with Crippen LogP contribution in [0.4, 0.5) is 4.39 Å². The molecule has 1 atom stereocenters. The topological polar surface area (TPSA) is 33.4 Å². The van der Waals surface area contributed by atoms with Crippen molar-refractivity contribution in [2.45, 2.75) is 26.4 Å². The minimum Gasteiger partial charge on any atom is -0.469 e. The van der Waals surface area contributed by atoms with E-state index in [2.05, 4.69) is 0 Å². The Hall–Kier alpha value is -1.61. The number of aliphatic hydroxyl groups is 1. The monoisotopic (exact) mass is 234 g/mol. The number of hydrogen-bond donors (Lipinski definition) is 1. The van der Waals surface area contributed by atoms with Crippen LogP contribution in [0.25, 0.3) is 0 Å². The zero-order chi connectivity index (χ0) is 12.4. The van der Waals surface area contributed by atoms with E-state index in [1.807, 2.05) is 13.8 Å². The molecule has 1 heterocycles. The summed E-state index contributed by atoms with van der Waals surface area (Å²) in [5.74, 6) is 0.470. The SMILES string of the molecule is Cc1cc(F)ccc1CC(O)c1ccoc1C. The first-order valence-electron chi connectivity index (χ1n) is 5.55. The molecule has 0 bridgehead atoms. The number of hydrogen-bond acceptors (Lipinski definition) is 2. The lowest BCUT2D eigenvalue weighted by Crippen LogP contribution is -2.03. The molecule has 2 nitrogen and oxygen atoms in total. The molecule has 0 spiro atoms. The maximum absolute atomic E-state index is 12.9. The molecule has 1 aromatic heterocycles. The average Bonchev–Trinajstić information content (AvgIpc) is 2.68. The van der Waals surface area contributed by atoms with Crippen LogP contribution in [0.1, 0.15) is 28.6 Å². The number of aliphatic hydroxyl groups excluding tert-OH is 1. The van der Waals surface area contributed by atoms with Crippen LogP contribution in [0.5, 0.6) is 0 Å². The van der Waals surface area contributed by atoms with Crippen molar-refractivity contribution in [3.63, 3.8) is 0 Å². The summed E-state index contributed by atoms with van der Waals surface area (Å²) >= 11 is 0. The Labute approximate surface area is 99.7 Å². The second kappa shape index (κ2) is 4.72. The van der Waals surface area contributed by atoms with Gasteiger partial charge in [0.15, 0.2) is 0 Å². The van der Waals surface area contributed by atoms with Crippen LogP contribution in [-0.4, -0.2) is 5.11 Å². The molecule has 2 rings (SSSR count). The molecule has 0 saturated heterocycles. The number of benzene rings is 1. The highest BCUT2D eigenvalue weighted by Gasteiger charge is 2.14. The van der Waals surface area contributed by atoms with Crippen LogP contribution >= 0.6 is 0 Å². The summed E-state index contributed by atoms with van der Waals surface area (Å²) in [7, 11) is 0. The first-order valence-corrected chi connectivity index (χ1v) is 5.55. The summed E-state index contributed by atoms with van der Waals surface area (Å²) in [6.07, 6.45) is 1.41. The van der Waals surface area contributed by atoms with E-state index >= 15 is 0 Å². The Morgan fingerprint density at radius 3 is 2.65 bits per heavy atom. The van der Waals surface area contributed by atoms with Crippen molar-refractivity contribution in [2.24, 2.45) is 0 Å². The van der Waals surface area contributed by atoms with E-state index in [9.17, 15) is 9.50 Å². The molecule has 3 heteroatoms. The van der Waals surface area contributed by atoms with Crippen LogP contribution in [0.15, 0.2) is 34.9 Å². The summed E-state index contributed by atoms with van der Waals surface area (Å²) in [5.41, 5.74) is 2.58. The van der Waals surface area contributed by atoms with E-state index in [1.54, 1.807) is 18.4 Å². The van der Waals surface area contributed by atoms with Gasteiger partial charge in [-0.2, -0.15) is 0 Å². The third-order valence-electron chi connectivity index (χ3n) is 2.98. The molecule has 0 aliphatic carbocycles. The van der Waals surface area contributed by atoms with Crippen LogP contribution in [0.3, 0.4) is 0 Å². The van der Waals surface area contributed by atoms with Crippen molar-refractivity contribution >= 4 is 0 Å². The van der Waals surface area contributed by atoms with Gasteiger partial charge in [0.2, 0.25) is 0 Å². The van der Waals surface area contributed by atoms with E-state index in [1.165, 1.54) is 12.1 Å². The summed E-state index contributed by atoms with van der Waals surface area (Å²) < 4.78 is 18.1. The zero-order valence-electron chi connectivity index (χ0n) is 9.90. The van der Waals surface area contributed by atoms with Gasteiger partial charge in [0.1, 0.15) is 11.6 Å². The Kier molecular flexibility index (Phi) is 3.29. The average molecular weight is 234 g/mol. The quantitative estimate of drug-likeness (QED) is 0.883. The van der Waals surface area contributed by atoms with E-state index in [0.29, 0.717) is 6.42 Å². The van der Waals surface area contributed by atoms with Crippen LogP contribution < -0.4 is 0 Å². The van der Waals surface area contributed by atoms with Crippen LogP contribution in [0, 0.1) is 19.7 Å². The molecule has 1 N–H and O–H groups in total. The minimum atomic E-state index is -0.613. The smallest absolute Gasteiger partial charge is 0.123 e. The molecular formula is C14H15FO2. The predicted octanol–water partition coefficient (Wildman–Crippen LogP) is 3.31. The molecule has 0 saturated carbocycles. The highest BCUT2D eigenvalue weighted by atomic mass is 19.1. The number of halogens is 1. The molecule has 1 unspecified atom stereocenters. The minimum absolute atomic E-state index is 0.250. The second-order valence-electron chi connectivity index (χ2n) is 4.22. The van der Waals surface area contributed by atoms with Crippen LogP contribution in [0.2, 0.25) is 0 Å². The molecule has 0 aliphatic heterocycles. The van der Waals surface area contributed by atoms with Crippen molar-refractivity contribution in [2.75, 3.05) is 0 Å². The van der Waals surface area contributed by atoms with Crippen molar-refractivity contribution < 1.29 is 13.9 Å². The van der Waals surface area contributed by atoms with Crippen molar-refractivity contribution in [1.29, 1.82) is 0 Å². The van der Waals surface area contributed by atoms with Crippen molar-refractivity contribution in [3.8, 4) is 0 Å². The van der Waals surface area contributed by atoms with Gasteiger partial charge < -0.3 is 9.52 Å². The summed E-state index contributed by atoms with van der Waals surface area (Å²) in [5, 5.41) is 10.1. The van der Waals surface area contributed by atoms with Gasteiger partial charge in [-0.05, 0) is 43.2 Å². The molecule has 90 valence electrons. The first kappa shape index (κ1) is 11.9. The van der Waals surface area contributed by atoms with Gasteiger partial charge >= 0.3 is 0 Å². The van der Waals surface area contributed by atoms with Gasteiger partial charge in [-0.3, -0.25) is 0 Å². The lowest BCUT2D eigenvalue weighted by atomic mass is 9.98. The van der Waals surface area contributed by atoms with Gasteiger partial charge in [-0.25, -0.2) is 4.39 Å². The van der Waals surface area contributed by atoms with Crippen molar-refractivity contribution in [1.82, 2.24) is 0 Å². The first-order chi connectivity index (χ1) is 8.08. The van der Waals surface area contributed by atoms with E-state index in [-0.39, 0.29) is 5.82 Å². The van der Waals surface area contributed by atoms with E-state index in [0.717, 1.165) is 22.5 Å². The Balaban J connectivity index is 2.19. The Bertz CT molecular complexity index is 517. The van der Waals surface area contributed by atoms with Crippen LogP contribution in [-0.2, 0) is 6.42 Å². The van der Waals surface area contributed by atoms with E-state index in [4.69, 9.17) is 4.42 Å². The Morgan fingerprint density at radius 1 is 1.29 bits per heavy atom. The largest absolute Gasteiger partial charge is 0.469 e. The molecule has 2 aromatic rings. The van der Waals surface area contributed by atoms with Gasteiger partial charge in [0, 0.05) is 12.0 Å². The number of furan rings is 1. The second-order valence-corrected chi connectivity index (χ2v) is 4.22. The lowest BCUT2D eigenvalue weighted by molar-refractivity contribution is 0.176. The highest BCUT2D eigenvalue weighted by Crippen LogP contribution is 2.24. The predicted molar refractivity (Wildman–Crippen MR) is 63.2 cm³/mol. The summed E-state index contributed by atoms with van der Waals surface area (Å²) in [6, 6.07) is 6.36. The van der Waals surface area contributed by atoms with Gasteiger partial charge in [0.05, 0.1) is 12.4 Å². The van der Waals surface area contributed by atoms with Crippen molar-refractivity contribution in [3.05, 3.63) is 58.8 Å². The molecule has 0 fully saturated rings. The fourth-order valence-corrected chi connectivity index (χ4v) is 1.95. The molecule has 17 heavy (non-hydrogen) atoms. The van der Waals surface area contributed by atoms with Gasteiger partial charge in [-0.15, -0.1) is 0 Å². The summed E-state index contributed by atoms with van der Waals surface area (Å²) in [4.78, 5) is 0. The molecule has 0 aliphatic rings. The lowest BCUT2D eigenvalue weighted by Gasteiger charge is -2.12. The molecule has 0 amide bonds. The highest BCUT2D eigenvalue weighted by molar-refractivity contribution is 5.29. The maximum Gasteiger partial charge on any atom is 0.123 e. The zero-order valence-corrected chi connectivity index (χ0v) is 9.90. The summed E-state index contributed by atoms with van der Waals surface area (Å²) in [6.45, 7) is 3.66. The standard InChI is InChI=1S/C14H15FO2/c1-9-7-12(15)4-3-11(9)8-14(16)13-5-6-17-10(13)2/h3-7,14,16H,8H2,1-2H3. The van der Waals surface area contributed by atoms with Gasteiger partial charge in [0.25, 0.3) is 0 Å². The van der Waals surface area contributed by atoms with E-state index < -0.39 is 6.10 Å². The Morgan fingerprint density at radius 2 is 2.06 bits per heavy atom. The third-order valence-corrected chi connectivity index (χ3v) is 2.98. The third kappa shape index (κ3) is 2.56. The molecule has 1 aromatic carbocycles. The maximum atomic E-state index is 12.9. The molecular weight excluding hydrogens is 219 g/mol. The molecule has 0 radical (unpaired) electrons.